The standard InChI is InChI=1S/C14H19NO3S2/c1-10-3-5-11(6-4-10)20-9-13(16)15-12(14(17)18)7-8-19-2/h3-6,12H,7-9H2,1-2H3,(H,15,16)(H,17,18)/t12-/m1/s1. The Labute approximate surface area is 127 Å². The molecule has 1 aromatic carbocycles. The molecule has 0 aromatic heterocycles. The van der Waals surface area contributed by atoms with E-state index in [-0.39, 0.29) is 11.7 Å². The van der Waals surface area contributed by atoms with Gasteiger partial charge in [-0.05, 0) is 37.5 Å². The smallest absolute Gasteiger partial charge is 0.326 e. The summed E-state index contributed by atoms with van der Waals surface area (Å²) in [4.78, 5) is 23.8. The Morgan fingerprint density at radius 2 is 1.95 bits per heavy atom. The summed E-state index contributed by atoms with van der Waals surface area (Å²) in [6.45, 7) is 2.00. The largest absolute Gasteiger partial charge is 0.480 e. The summed E-state index contributed by atoms with van der Waals surface area (Å²) >= 11 is 2.97. The van der Waals surface area contributed by atoms with E-state index in [0.29, 0.717) is 12.2 Å². The van der Waals surface area contributed by atoms with Gasteiger partial charge in [-0.3, -0.25) is 4.79 Å². The number of hydrogen-bond acceptors (Lipinski definition) is 4. The molecule has 6 heteroatoms. The Morgan fingerprint density at radius 1 is 1.30 bits per heavy atom. The average Bonchev–Trinajstić information content (AvgIpc) is 2.42. The predicted octanol–water partition coefficient (Wildman–Crippen LogP) is 2.41. The molecule has 0 aliphatic carbocycles. The van der Waals surface area contributed by atoms with Gasteiger partial charge in [0.05, 0.1) is 5.75 Å². The lowest BCUT2D eigenvalue weighted by Gasteiger charge is -2.13. The Bertz CT molecular complexity index is 448. The van der Waals surface area contributed by atoms with Gasteiger partial charge >= 0.3 is 5.97 Å². The fourth-order valence-electron chi connectivity index (χ4n) is 1.51. The third-order valence-electron chi connectivity index (χ3n) is 2.63. The molecule has 1 amide bonds. The third kappa shape index (κ3) is 6.34. The van der Waals surface area contributed by atoms with Crippen LogP contribution in [0.15, 0.2) is 29.2 Å². The molecule has 1 atom stereocenters. The van der Waals surface area contributed by atoms with Crippen molar-refractivity contribution in [1.29, 1.82) is 0 Å². The first-order valence-corrected chi connectivity index (χ1v) is 8.61. The molecule has 110 valence electrons. The first-order valence-electron chi connectivity index (χ1n) is 6.23. The molecule has 2 N–H and O–H groups in total. The Kier molecular flexibility index (Phi) is 7.54. The second-order valence-electron chi connectivity index (χ2n) is 4.34. The molecule has 0 aliphatic heterocycles. The van der Waals surface area contributed by atoms with Gasteiger partial charge in [-0.2, -0.15) is 11.8 Å². The molecule has 1 rings (SSSR count). The minimum Gasteiger partial charge on any atom is -0.480 e. The number of rotatable bonds is 8. The number of nitrogens with one attached hydrogen (secondary N) is 1. The van der Waals surface area contributed by atoms with Crippen molar-refractivity contribution in [2.24, 2.45) is 0 Å². The second kappa shape index (κ2) is 8.92. The lowest BCUT2D eigenvalue weighted by Crippen LogP contribution is -2.42. The molecule has 0 heterocycles. The average molecular weight is 313 g/mol. The lowest BCUT2D eigenvalue weighted by molar-refractivity contribution is -0.141. The van der Waals surface area contributed by atoms with Crippen LogP contribution in [-0.2, 0) is 9.59 Å². The minimum atomic E-state index is -0.979. The first kappa shape index (κ1) is 16.9. The molecular weight excluding hydrogens is 294 g/mol. The fourth-order valence-corrected chi connectivity index (χ4v) is 2.69. The maximum Gasteiger partial charge on any atom is 0.326 e. The van der Waals surface area contributed by atoms with E-state index in [0.717, 1.165) is 4.90 Å². The van der Waals surface area contributed by atoms with E-state index < -0.39 is 12.0 Å². The van der Waals surface area contributed by atoms with Gasteiger partial charge in [-0.15, -0.1) is 11.8 Å². The van der Waals surface area contributed by atoms with Gasteiger partial charge in [0.2, 0.25) is 5.91 Å². The minimum absolute atomic E-state index is 0.228. The van der Waals surface area contributed by atoms with Crippen molar-refractivity contribution in [3.63, 3.8) is 0 Å². The summed E-state index contributed by atoms with van der Waals surface area (Å²) in [5, 5.41) is 11.6. The van der Waals surface area contributed by atoms with Gasteiger partial charge < -0.3 is 10.4 Å². The third-order valence-corrected chi connectivity index (χ3v) is 4.29. The van der Waals surface area contributed by atoms with E-state index in [2.05, 4.69) is 5.32 Å². The predicted molar refractivity (Wildman–Crippen MR) is 84.5 cm³/mol. The number of carbonyl (C=O) groups is 2. The second-order valence-corrected chi connectivity index (χ2v) is 6.38. The van der Waals surface area contributed by atoms with Crippen LogP contribution in [0.2, 0.25) is 0 Å². The topological polar surface area (TPSA) is 66.4 Å². The van der Waals surface area contributed by atoms with Crippen LogP contribution in [0.25, 0.3) is 0 Å². The van der Waals surface area contributed by atoms with E-state index in [1.165, 1.54) is 17.3 Å². The summed E-state index contributed by atoms with van der Waals surface area (Å²) in [7, 11) is 0. The highest BCUT2D eigenvalue weighted by Gasteiger charge is 2.19. The van der Waals surface area contributed by atoms with Gasteiger partial charge in [0.1, 0.15) is 6.04 Å². The molecular formula is C14H19NO3S2. The maximum absolute atomic E-state index is 11.8. The van der Waals surface area contributed by atoms with Crippen LogP contribution in [0.5, 0.6) is 0 Å². The monoisotopic (exact) mass is 313 g/mol. The van der Waals surface area contributed by atoms with Crippen LogP contribution < -0.4 is 5.32 Å². The normalized spacial score (nSPS) is 11.9. The zero-order valence-electron chi connectivity index (χ0n) is 11.6. The number of aryl methyl sites for hydroxylation is 1. The van der Waals surface area contributed by atoms with Crippen LogP contribution in [-0.4, -0.2) is 40.8 Å². The number of thioether (sulfide) groups is 2. The van der Waals surface area contributed by atoms with Crippen molar-refractivity contribution in [1.82, 2.24) is 5.32 Å². The number of benzene rings is 1. The Balaban J connectivity index is 2.41. The van der Waals surface area contributed by atoms with Crippen molar-refractivity contribution in [3.05, 3.63) is 29.8 Å². The number of hydrogen-bond donors (Lipinski definition) is 2. The van der Waals surface area contributed by atoms with Crippen molar-refractivity contribution >= 4 is 35.4 Å². The van der Waals surface area contributed by atoms with Crippen LogP contribution in [0.4, 0.5) is 0 Å². The van der Waals surface area contributed by atoms with Gasteiger partial charge in [0, 0.05) is 4.90 Å². The van der Waals surface area contributed by atoms with Crippen molar-refractivity contribution in [2.75, 3.05) is 17.8 Å². The molecule has 0 fully saturated rings. The molecule has 4 nitrogen and oxygen atoms in total. The van der Waals surface area contributed by atoms with Gasteiger partial charge in [0.25, 0.3) is 0 Å². The highest BCUT2D eigenvalue weighted by molar-refractivity contribution is 8.00. The lowest BCUT2D eigenvalue weighted by atomic mass is 10.2. The maximum atomic E-state index is 11.8. The summed E-state index contributed by atoms with van der Waals surface area (Å²) in [5.74, 6) is -0.286. The van der Waals surface area contributed by atoms with Crippen LogP contribution >= 0.6 is 23.5 Å². The summed E-state index contributed by atoms with van der Waals surface area (Å²) in [6.07, 6.45) is 2.35. The number of carboxylic acid groups (broad SMARTS) is 1. The molecule has 0 radical (unpaired) electrons. The molecule has 1 aromatic rings. The molecule has 0 aliphatic rings. The van der Waals surface area contributed by atoms with E-state index in [1.54, 1.807) is 11.8 Å². The van der Waals surface area contributed by atoms with Gasteiger partial charge in [-0.1, -0.05) is 17.7 Å². The Hall–Kier alpha value is -1.14. The highest BCUT2D eigenvalue weighted by Crippen LogP contribution is 2.17. The molecule has 0 unspecified atom stereocenters. The highest BCUT2D eigenvalue weighted by atomic mass is 32.2. The fraction of sp³-hybridized carbons (Fsp3) is 0.429. The summed E-state index contributed by atoms with van der Waals surface area (Å²) in [6, 6.07) is 7.08. The van der Waals surface area contributed by atoms with E-state index in [4.69, 9.17) is 5.11 Å². The SMILES string of the molecule is CSCC[C@@H](NC(=O)CSc1ccc(C)cc1)C(=O)O. The van der Waals surface area contributed by atoms with Gasteiger partial charge in [0.15, 0.2) is 0 Å². The molecule has 0 saturated heterocycles. The summed E-state index contributed by atoms with van der Waals surface area (Å²) < 4.78 is 0. The van der Waals surface area contributed by atoms with E-state index >= 15 is 0 Å². The molecule has 20 heavy (non-hydrogen) atoms. The number of carboxylic acids is 1. The first-order chi connectivity index (χ1) is 9.52. The zero-order chi connectivity index (χ0) is 15.0. The van der Waals surface area contributed by atoms with E-state index in [9.17, 15) is 9.59 Å². The quantitative estimate of drug-likeness (QED) is 0.722. The van der Waals surface area contributed by atoms with E-state index in [1.807, 2.05) is 37.4 Å². The van der Waals surface area contributed by atoms with Crippen LogP contribution in [0.3, 0.4) is 0 Å². The van der Waals surface area contributed by atoms with Crippen LogP contribution in [0.1, 0.15) is 12.0 Å². The molecule has 0 spiro atoms. The number of amides is 1. The Morgan fingerprint density at radius 3 is 2.50 bits per heavy atom. The van der Waals surface area contributed by atoms with Gasteiger partial charge in [-0.25, -0.2) is 4.79 Å². The summed E-state index contributed by atoms with van der Waals surface area (Å²) in [5.41, 5.74) is 1.17. The number of carbonyl (C=O) groups excluding carboxylic acids is 1. The van der Waals surface area contributed by atoms with Crippen LogP contribution in [0, 0.1) is 6.92 Å². The number of aliphatic carboxylic acids is 1. The molecule has 0 saturated carbocycles. The van der Waals surface area contributed by atoms with Crippen molar-refractivity contribution < 1.29 is 14.7 Å². The molecule has 0 bridgehead atoms. The van der Waals surface area contributed by atoms with Crippen molar-refractivity contribution in [2.45, 2.75) is 24.3 Å². The zero-order valence-corrected chi connectivity index (χ0v) is 13.2. The van der Waals surface area contributed by atoms with Crippen molar-refractivity contribution in [3.8, 4) is 0 Å².